The number of nitrogens with zero attached hydrogens (tertiary/aromatic N) is 2. The van der Waals surface area contributed by atoms with Gasteiger partial charge in [-0.2, -0.15) is 0 Å². The van der Waals surface area contributed by atoms with E-state index in [1.54, 1.807) is 12.4 Å². The van der Waals surface area contributed by atoms with Crippen LogP contribution in [-0.4, -0.2) is 48.8 Å². The minimum Gasteiger partial charge on any atom is -0.379 e. The van der Waals surface area contributed by atoms with Gasteiger partial charge in [-0.3, -0.25) is 9.88 Å². The molecule has 1 unspecified atom stereocenters. The van der Waals surface area contributed by atoms with Crippen molar-refractivity contribution >= 4 is 6.03 Å². The van der Waals surface area contributed by atoms with Crippen molar-refractivity contribution in [2.75, 3.05) is 32.8 Å². The Morgan fingerprint density at radius 3 is 2.68 bits per heavy atom. The molecule has 6 nitrogen and oxygen atoms in total. The lowest BCUT2D eigenvalue weighted by Crippen LogP contribution is -2.45. The molecule has 0 saturated carbocycles. The second-order valence-electron chi connectivity index (χ2n) is 6.06. The number of nitrogens with one attached hydrogen (secondary N) is 2. The molecule has 1 aromatic heterocycles. The first-order chi connectivity index (χ1) is 12.3. The van der Waals surface area contributed by atoms with Gasteiger partial charge in [0.2, 0.25) is 0 Å². The summed E-state index contributed by atoms with van der Waals surface area (Å²) < 4.78 is 5.41. The summed E-state index contributed by atoms with van der Waals surface area (Å²) in [5.41, 5.74) is 2.08. The molecule has 0 radical (unpaired) electrons. The molecule has 1 aliphatic heterocycles. The lowest BCUT2D eigenvalue weighted by molar-refractivity contribution is 0.0340. The Morgan fingerprint density at radius 1 is 1.16 bits per heavy atom. The minimum absolute atomic E-state index is 0.0619. The first-order valence-electron chi connectivity index (χ1n) is 8.59. The van der Waals surface area contributed by atoms with Crippen LogP contribution < -0.4 is 10.6 Å². The second kappa shape index (κ2) is 9.15. The van der Waals surface area contributed by atoms with E-state index in [1.807, 2.05) is 42.5 Å². The predicted molar refractivity (Wildman–Crippen MR) is 96.1 cm³/mol. The summed E-state index contributed by atoms with van der Waals surface area (Å²) in [6.07, 6.45) is 3.47. The summed E-state index contributed by atoms with van der Waals surface area (Å²) in [6.45, 7) is 4.50. The highest BCUT2D eigenvalue weighted by Gasteiger charge is 2.19. The third kappa shape index (κ3) is 5.55. The van der Waals surface area contributed by atoms with Crippen LogP contribution in [0.25, 0.3) is 0 Å². The average molecular weight is 340 g/mol. The lowest BCUT2D eigenvalue weighted by atomic mass is 10.1. The van der Waals surface area contributed by atoms with Crippen molar-refractivity contribution in [2.24, 2.45) is 0 Å². The summed E-state index contributed by atoms with van der Waals surface area (Å²) in [5, 5.41) is 6.00. The van der Waals surface area contributed by atoms with Gasteiger partial charge >= 0.3 is 6.03 Å². The molecule has 3 rings (SSSR count). The minimum atomic E-state index is -0.175. The van der Waals surface area contributed by atoms with E-state index in [0.717, 1.165) is 44.0 Å². The number of carbonyl (C=O) groups excluding carboxylic acids is 1. The van der Waals surface area contributed by atoms with Crippen LogP contribution in [0.1, 0.15) is 17.2 Å². The van der Waals surface area contributed by atoms with Gasteiger partial charge in [0.05, 0.1) is 19.3 Å². The first kappa shape index (κ1) is 17.4. The van der Waals surface area contributed by atoms with Crippen LogP contribution in [0.3, 0.4) is 0 Å². The van der Waals surface area contributed by atoms with Crippen molar-refractivity contribution < 1.29 is 9.53 Å². The lowest BCUT2D eigenvalue weighted by Gasteiger charge is -2.31. The van der Waals surface area contributed by atoms with Crippen molar-refractivity contribution in [2.45, 2.75) is 12.6 Å². The van der Waals surface area contributed by atoms with E-state index < -0.39 is 0 Å². The van der Waals surface area contributed by atoms with E-state index in [4.69, 9.17) is 4.74 Å². The quantitative estimate of drug-likeness (QED) is 0.844. The number of ether oxygens (including phenoxy) is 1. The summed E-state index contributed by atoms with van der Waals surface area (Å²) in [7, 11) is 0. The Kier molecular flexibility index (Phi) is 6.36. The molecular weight excluding hydrogens is 316 g/mol. The Labute approximate surface area is 148 Å². The Morgan fingerprint density at radius 2 is 1.96 bits per heavy atom. The molecule has 1 saturated heterocycles. The van der Waals surface area contributed by atoms with Gasteiger partial charge in [-0.15, -0.1) is 0 Å². The number of benzene rings is 1. The number of amides is 2. The molecule has 1 atom stereocenters. The Hall–Kier alpha value is -2.44. The highest BCUT2D eigenvalue weighted by Crippen LogP contribution is 2.15. The monoisotopic (exact) mass is 340 g/mol. The van der Waals surface area contributed by atoms with Gasteiger partial charge in [0, 0.05) is 38.6 Å². The zero-order valence-electron chi connectivity index (χ0n) is 14.2. The molecule has 25 heavy (non-hydrogen) atoms. The molecule has 1 fully saturated rings. The fourth-order valence-electron chi connectivity index (χ4n) is 2.86. The molecule has 2 heterocycles. The van der Waals surface area contributed by atoms with Crippen LogP contribution in [0.15, 0.2) is 54.9 Å². The van der Waals surface area contributed by atoms with Crippen molar-refractivity contribution in [1.82, 2.24) is 20.5 Å². The third-order valence-electron chi connectivity index (χ3n) is 4.23. The van der Waals surface area contributed by atoms with Crippen LogP contribution in [0, 0.1) is 0 Å². The zero-order chi connectivity index (χ0) is 17.3. The molecule has 0 spiro atoms. The third-order valence-corrected chi connectivity index (χ3v) is 4.23. The molecule has 6 heteroatoms. The fourth-order valence-corrected chi connectivity index (χ4v) is 2.86. The number of hydrogen-bond acceptors (Lipinski definition) is 4. The maximum atomic E-state index is 12.4. The van der Waals surface area contributed by atoms with E-state index in [2.05, 4.69) is 20.5 Å². The number of morpholine rings is 1. The zero-order valence-corrected chi connectivity index (χ0v) is 14.2. The van der Waals surface area contributed by atoms with Gasteiger partial charge in [0.25, 0.3) is 0 Å². The number of urea groups is 1. The number of rotatable bonds is 6. The van der Waals surface area contributed by atoms with E-state index in [0.29, 0.717) is 6.54 Å². The van der Waals surface area contributed by atoms with Gasteiger partial charge in [0.1, 0.15) is 0 Å². The number of pyridine rings is 1. The number of carbonyl (C=O) groups is 1. The molecule has 1 aliphatic rings. The summed E-state index contributed by atoms with van der Waals surface area (Å²) >= 11 is 0. The largest absolute Gasteiger partial charge is 0.379 e. The number of aromatic nitrogens is 1. The van der Waals surface area contributed by atoms with Gasteiger partial charge in [-0.05, 0) is 17.2 Å². The van der Waals surface area contributed by atoms with Crippen LogP contribution in [0.5, 0.6) is 0 Å². The Balaban J connectivity index is 1.59. The smallest absolute Gasteiger partial charge is 0.315 e. The standard InChI is InChI=1S/C19H24N4O2/c24-19(21-14-16-5-4-8-20-13-16)22-18(17-6-2-1-3-7-17)15-23-9-11-25-12-10-23/h1-8,13,18H,9-12,14-15H2,(H2,21,22,24). The normalized spacial score (nSPS) is 16.2. The van der Waals surface area contributed by atoms with E-state index in [9.17, 15) is 4.79 Å². The van der Waals surface area contributed by atoms with Crippen molar-refractivity contribution in [3.05, 3.63) is 66.0 Å². The van der Waals surface area contributed by atoms with E-state index in [1.165, 1.54) is 0 Å². The SMILES string of the molecule is O=C(NCc1cccnc1)NC(CN1CCOCC1)c1ccccc1. The maximum Gasteiger partial charge on any atom is 0.315 e. The second-order valence-corrected chi connectivity index (χ2v) is 6.06. The molecule has 2 N–H and O–H groups in total. The molecule has 0 aliphatic carbocycles. The highest BCUT2D eigenvalue weighted by molar-refractivity contribution is 5.74. The molecule has 132 valence electrons. The van der Waals surface area contributed by atoms with Crippen LogP contribution in [0.4, 0.5) is 4.79 Å². The van der Waals surface area contributed by atoms with Crippen LogP contribution >= 0.6 is 0 Å². The van der Waals surface area contributed by atoms with Crippen LogP contribution in [-0.2, 0) is 11.3 Å². The fraction of sp³-hybridized carbons (Fsp3) is 0.368. The molecule has 1 aromatic carbocycles. The molecule has 2 amide bonds. The van der Waals surface area contributed by atoms with Gasteiger partial charge in [0.15, 0.2) is 0 Å². The van der Waals surface area contributed by atoms with E-state index in [-0.39, 0.29) is 12.1 Å². The van der Waals surface area contributed by atoms with Crippen LogP contribution in [0.2, 0.25) is 0 Å². The van der Waals surface area contributed by atoms with Crippen molar-refractivity contribution in [3.63, 3.8) is 0 Å². The van der Waals surface area contributed by atoms with Gasteiger partial charge in [-0.25, -0.2) is 4.79 Å². The van der Waals surface area contributed by atoms with Crippen molar-refractivity contribution in [1.29, 1.82) is 0 Å². The van der Waals surface area contributed by atoms with Gasteiger partial charge in [-0.1, -0.05) is 36.4 Å². The number of hydrogen-bond donors (Lipinski definition) is 2. The molecule has 2 aromatic rings. The summed E-state index contributed by atoms with van der Waals surface area (Å²) in [6, 6.07) is 13.6. The van der Waals surface area contributed by atoms with Crippen molar-refractivity contribution in [3.8, 4) is 0 Å². The van der Waals surface area contributed by atoms with Gasteiger partial charge < -0.3 is 15.4 Å². The summed E-state index contributed by atoms with van der Waals surface area (Å²) in [4.78, 5) is 18.7. The molecule has 0 bridgehead atoms. The molecular formula is C19H24N4O2. The first-order valence-corrected chi connectivity index (χ1v) is 8.59. The maximum absolute atomic E-state index is 12.4. The van der Waals surface area contributed by atoms with E-state index >= 15 is 0 Å². The Bertz CT molecular complexity index is 645. The summed E-state index contributed by atoms with van der Waals surface area (Å²) in [5.74, 6) is 0. The average Bonchev–Trinajstić information content (AvgIpc) is 2.68. The highest BCUT2D eigenvalue weighted by atomic mass is 16.5. The predicted octanol–water partition coefficient (Wildman–Crippen LogP) is 1.95. The topological polar surface area (TPSA) is 66.5 Å².